The number of carbonyl (C=O) groups is 1. The zero-order valence-electron chi connectivity index (χ0n) is 21.5. The van der Waals surface area contributed by atoms with E-state index in [4.69, 9.17) is 9.72 Å². The van der Waals surface area contributed by atoms with Gasteiger partial charge in [-0.15, -0.1) is 22.7 Å². The van der Waals surface area contributed by atoms with E-state index in [1.807, 2.05) is 17.9 Å². The maximum Gasteiger partial charge on any atom is 0.226 e. The van der Waals surface area contributed by atoms with E-state index in [2.05, 4.69) is 57.4 Å². The summed E-state index contributed by atoms with van der Waals surface area (Å²) >= 11 is 3.36. The molecule has 196 valence electrons. The van der Waals surface area contributed by atoms with Crippen molar-refractivity contribution in [3.63, 3.8) is 0 Å². The van der Waals surface area contributed by atoms with Gasteiger partial charge in [0, 0.05) is 56.0 Å². The molecule has 1 amide bonds. The Kier molecular flexibility index (Phi) is 7.22. The number of carbonyl (C=O) groups excluding carboxylic acids is 1. The van der Waals surface area contributed by atoms with E-state index in [1.54, 1.807) is 29.8 Å². The van der Waals surface area contributed by atoms with Crippen LogP contribution in [0, 0.1) is 0 Å². The number of hydrogen-bond donors (Lipinski definition) is 3. The molecule has 1 aliphatic heterocycles. The molecule has 3 N–H and O–H groups in total. The number of rotatable bonds is 9. The Balaban J connectivity index is 1.30. The molecule has 10 heteroatoms. The van der Waals surface area contributed by atoms with Gasteiger partial charge >= 0.3 is 0 Å². The monoisotopic (exact) mass is 546 g/mol. The molecule has 0 fully saturated rings. The van der Waals surface area contributed by atoms with Crippen LogP contribution in [0.25, 0.3) is 42.8 Å². The Morgan fingerprint density at radius 3 is 2.92 bits per heavy atom. The fourth-order valence-electron chi connectivity index (χ4n) is 4.88. The number of nitrogens with zero attached hydrogens (tertiary/aromatic N) is 3. The van der Waals surface area contributed by atoms with Crippen molar-refractivity contribution >= 4 is 54.7 Å². The molecule has 0 radical (unpaired) electrons. The number of nitrogens with one attached hydrogen (secondary N) is 3. The van der Waals surface area contributed by atoms with Crippen LogP contribution in [-0.4, -0.2) is 54.0 Å². The zero-order valence-corrected chi connectivity index (χ0v) is 23.1. The Morgan fingerprint density at radius 1 is 1.16 bits per heavy atom. The summed E-state index contributed by atoms with van der Waals surface area (Å²) in [7, 11) is 3.64. The van der Waals surface area contributed by atoms with Crippen LogP contribution in [0.1, 0.15) is 16.9 Å². The Hall–Kier alpha value is -3.15. The molecule has 38 heavy (non-hydrogen) atoms. The van der Waals surface area contributed by atoms with Gasteiger partial charge in [0.25, 0.3) is 0 Å². The van der Waals surface area contributed by atoms with Gasteiger partial charge in [-0.05, 0) is 47.9 Å². The quantitative estimate of drug-likeness (QED) is 0.230. The number of ether oxygens (including phenoxy) is 1. The summed E-state index contributed by atoms with van der Waals surface area (Å²) in [5.41, 5.74) is 6.75. The summed E-state index contributed by atoms with van der Waals surface area (Å²) < 4.78 is 8.09. The Morgan fingerprint density at radius 2 is 2.03 bits per heavy atom. The van der Waals surface area contributed by atoms with Gasteiger partial charge in [-0.25, -0.2) is 4.98 Å². The standard InChI is InChI=1S/C28H30N6O2S2/c1-34-22-14-18(3-4-19(22)15-31-34)17-5-6-23-21(13-17)32-27(37-23)26-20-7-9-30-16-24(20)38-28(26)33-25(35)8-10-29-11-12-36-2/h3-6,13-15,29-30H,7-12,16H2,1-2H3,(H,33,35). The fraction of sp³-hybridized carbons (Fsp3) is 0.321. The number of anilines is 1. The minimum Gasteiger partial charge on any atom is -0.383 e. The van der Waals surface area contributed by atoms with Crippen LogP contribution >= 0.6 is 22.7 Å². The highest BCUT2D eigenvalue weighted by atomic mass is 32.1. The highest BCUT2D eigenvalue weighted by Gasteiger charge is 2.25. The molecule has 0 atom stereocenters. The molecule has 0 saturated carbocycles. The first kappa shape index (κ1) is 25.1. The Labute approximate surface area is 229 Å². The molecule has 0 spiro atoms. The number of thiazole rings is 1. The SMILES string of the molecule is COCCNCCC(=O)Nc1sc2c(c1-c1nc3cc(-c4ccc5cnn(C)c5c4)ccc3s1)CCNC2. The number of amides is 1. The summed E-state index contributed by atoms with van der Waals surface area (Å²) in [4.78, 5) is 19.2. The number of thiophene rings is 1. The van der Waals surface area contributed by atoms with Gasteiger partial charge in [-0.3, -0.25) is 9.48 Å². The van der Waals surface area contributed by atoms with Gasteiger partial charge < -0.3 is 20.7 Å². The predicted molar refractivity (Wildman–Crippen MR) is 156 cm³/mol. The molecular weight excluding hydrogens is 516 g/mol. The number of fused-ring (bicyclic) bond motifs is 3. The second kappa shape index (κ2) is 10.9. The maximum absolute atomic E-state index is 12.8. The maximum atomic E-state index is 12.8. The molecule has 0 aliphatic carbocycles. The lowest BCUT2D eigenvalue weighted by Crippen LogP contribution is -2.24. The van der Waals surface area contributed by atoms with Crippen LogP contribution in [0.4, 0.5) is 5.00 Å². The van der Waals surface area contributed by atoms with Crippen LogP contribution in [-0.2, 0) is 29.5 Å². The minimum atomic E-state index is 0.0108. The fourth-order valence-corrected chi connectivity index (χ4v) is 7.20. The molecule has 0 unspecified atom stereocenters. The predicted octanol–water partition coefficient (Wildman–Crippen LogP) is 4.79. The number of aryl methyl sites for hydroxylation is 1. The van der Waals surface area contributed by atoms with Crippen molar-refractivity contribution in [3.8, 4) is 21.7 Å². The van der Waals surface area contributed by atoms with Gasteiger partial charge in [0.15, 0.2) is 0 Å². The number of methoxy groups -OCH3 is 1. The van der Waals surface area contributed by atoms with Crippen molar-refractivity contribution in [2.45, 2.75) is 19.4 Å². The van der Waals surface area contributed by atoms with Crippen molar-refractivity contribution in [1.29, 1.82) is 0 Å². The molecule has 2 aromatic carbocycles. The van der Waals surface area contributed by atoms with Crippen molar-refractivity contribution in [3.05, 3.63) is 53.0 Å². The van der Waals surface area contributed by atoms with E-state index in [9.17, 15) is 4.79 Å². The van der Waals surface area contributed by atoms with Gasteiger partial charge in [0.2, 0.25) is 5.91 Å². The van der Waals surface area contributed by atoms with E-state index in [0.29, 0.717) is 19.6 Å². The van der Waals surface area contributed by atoms with E-state index >= 15 is 0 Å². The van der Waals surface area contributed by atoms with Crippen molar-refractivity contribution in [1.82, 2.24) is 25.4 Å². The molecule has 3 aromatic heterocycles. The third-order valence-electron chi connectivity index (χ3n) is 6.88. The van der Waals surface area contributed by atoms with Crippen LogP contribution in [0.2, 0.25) is 0 Å². The molecule has 8 nitrogen and oxygen atoms in total. The molecule has 1 aliphatic rings. The van der Waals surface area contributed by atoms with Crippen molar-refractivity contribution < 1.29 is 9.53 Å². The number of benzene rings is 2. The molecular formula is C28H30N6O2S2. The van der Waals surface area contributed by atoms with Crippen molar-refractivity contribution in [2.75, 3.05) is 38.7 Å². The second-order valence-electron chi connectivity index (χ2n) is 9.42. The van der Waals surface area contributed by atoms with E-state index < -0.39 is 0 Å². The molecule has 0 bridgehead atoms. The van der Waals surface area contributed by atoms with Gasteiger partial charge in [0.05, 0.1) is 28.5 Å². The lowest BCUT2D eigenvalue weighted by molar-refractivity contribution is -0.116. The first-order chi connectivity index (χ1) is 18.6. The van der Waals surface area contributed by atoms with Crippen LogP contribution in [0.5, 0.6) is 0 Å². The van der Waals surface area contributed by atoms with E-state index in [-0.39, 0.29) is 5.91 Å². The highest BCUT2D eigenvalue weighted by Crippen LogP contribution is 2.45. The largest absolute Gasteiger partial charge is 0.383 e. The van der Waals surface area contributed by atoms with Crippen LogP contribution in [0.3, 0.4) is 0 Å². The third-order valence-corrected chi connectivity index (χ3v) is 9.08. The summed E-state index contributed by atoms with van der Waals surface area (Å²) in [5, 5.41) is 17.3. The normalized spacial score (nSPS) is 13.3. The zero-order chi connectivity index (χ0) is 26.1. The number of aromatic nitrogens is 3. The first-order valence-electron chi connectivity index (χ1n) is 12.8. The van der Waals surface area contributed by atoms with E-state index in [0.717, 1.165) is 73.9 Å². The smallest absolute Gasteiger partial charge is 0.226 e. The lowest BCUT2D eigenvalue weighted by Gasteiger charge is -2.13. The summed E-state index contributed by atoms with van der Waals surface area (Å²) in [6, 6.07) is 12.9. The van der Waals surface area contributed by atoms with E-state index in [1.165, 1.54) is 10.4 Å². The summed E-state index contributed by atoms with van der Waals surface area (Å²) in [6.07, 6.45) is 3.23. The summed E-state index contributed by atoms with van der Waals surface area (Å²) in [6.45, 7) is 3.74. The van der Waals surface area contributed by atoms with Gasteiger partial charge in [-0.1, -0.05) is 18.2 Å². The molecule has 6 rings (SSSR count). The Bertz CT molecular complexity index is 1620. The second-order valence-corrected chi connectivity index (χ2v) is 11.6. The lowest BCUT2D eigenvalue weighted by atomic mass is 10.0. The minimum absolute atomic E-state index is 0.0108. The van der Waals surface area contributed by atoms with Crippen molar-refractivity contribution in [2.24, 2.45) is 7.05 Å². The average molecular weight is 547 g/mol. The third kappa shape index (κ3) is 4.97. The van der Waals surface area contributed by atoms with Crippen LogP contribution < -0.4 is 16.0 Å². The average Bonchev–Trinajstić information content (AvgIpc) is 3.62. The van der Waals surface area contributed by atoms with Crippen LogP contribution in [0.15, 0.2) is 42.6 Å². The van der Waals surface area contributed by atoms with Gasteiger partial charge in [0.1, 0.15) is 10.0 Å². The highest BCUT2D eigenvalue weighted by molar-refractivity contribution is 7.23. The number of hydrogen-bond acceptors (Lipinski definition) is 8. The molecule has 0 saturated heterocycles. The summed E-state index contributed by atoms with van der Waals surface area (Å²) in [5.74, 6) is 0.0108. The molecule has 5 aromatic rings. The topological polar surface area (TPSA) is 93.1 Å². The molecule has 4 heterocycles. The first-order valence-corrected chi connectivity index (χ1v) is 14.4. The van der Waals surface area contributed by atoms with Gasteiger partial charge in [-0.2, -0.15) is 5.10 Å².